The summed E-state index contributed by atoms with van der Waals surface area (Å²) in [5, 5.41) is 5.83. The van der Waals surface area contributed by atoms with Crippen molar-refractivity contribution in [3.8, 4) is 46.3 Å². The van der Waals surface area contributed by atoms with Crippen LogP contribution in [0.25, 0.3) is 46.3 Å². The molecule has 1 aliphatic heterocycles. The van der Waals surface area contributed by atoms with Crippen molar-refractivity contribution in [3.63, 3.8) is 0 Å². The van der Waals surface area contributed by atoms with Gasteiger partial charge in [-0.05, 0) is 12.3 Å². The van der Waals surface area contributed by atoms with E-state index in [1.807, 2.05) is 13.8 Å². The van der Waals surface area contributed by atoms with Crippen LogP contribution in [-0.4, -0.2) is 41.7 Å². The molecule has 0 aliphatic carbocycles. The van der Waals surface area contributed by atoms with E-state index in [-0.39, 0.29) is 69.7 Å². The second-order valence-electron chi connectivity index (χ2n) is 11.0. The minimum atomic E-state index is -0.625. The number of aromatic nitrogens is 6. The summed E-state index contributed by atoms with van der Waals surface area (Å²) >= 11 is 0. The lowest BCUT2D eigenvalue weighted by molar-refractivity contribution is 0.0907. The second-order valence-corrected chi connectivity index (χ2v) is 11.0. The highest BCUT2D eigenvalue weighted by atomic mass is 16.4. The average molecular weight is 629 g/mol. The van der Waals surface area contributed by atoms with Crippen molar-refractivity contribution in [2.45, 2.75) is 58.5 Å². The summed E-state index contributed by atoms with van der Waals surface area (Å²) in [6.07, 6.45) is 11.2. The monoisotopic (exact) mass is 628 g/mol. The number of hydrogen-bond donors (Lipinski definition) is 2. The zero-order valence-corrected chi connectivity index (χ0v) is 25.0. The number of carbonyl (C=O) groups is 2. The molecule has 12 bridgehead atoms. The Labute approximate surface area is 260 Å². The topological polar surface area (TPSA) is 214 Å². The molecule has 0 fully saturated rings. The van der Waals surface area contributed by atoms with Crippen molar-refractivity contribution in [1.29, 1.82) is 0 Å². The summed E-state index contributed by atoms with van der Waals surface area (Å²) in [5.41, 5.74) is 1.11. The summed E-state index contributed by atoms with van der Waals surface area (Å²) in [6.45, 7) is 5.89. The number of rotatable bonds is 5. The van der Waals surface area contributed by atoms with Gasteiger partial charge in [-0.25, -0.2) is 29.9 Å². The third-order valence-electron chi connectivity index (χ3n) is 7.32. The van der Waals surface area contributed by atoms with Gasteiger partial charge < -0.3 is 37.1 Å². The minimum absolute atomic E-state index is 0.0171. The van der Waals surface area contributed by atoms with Gasteiger partial charge in [-0.1, -0.05) is 40.0 Å². The zero-order valence-electron chi connectivity index (χ0n) is 25.0. The average Bonchev–Trinajstić information content (AvgIpc) is 3.88. The number of unbranched alkanes of at least 4 members (excludes halogenated alkanes) is 2. The van der Waals surface area contributed by atoms with E-state index < -0.39 is 23.9 Å². The Morgan fingerprint density at radius 2 is 1.02 bits per heavy atom. The number of nitrogens with zero attached hydrogens (tertiary/aromatic N) is 6. The molecule has 7 rings (SSSR count). The van der Waals surface area contributed by atoms with Crippen LogP contribution in [0.4, 0.5) is 0 Å². The molecule has 7 heterocycles. The van der Waals surface area contributed by atoms with Crippen LogP contribution in [0.2, 0.25) is 0 Å². The lowest BCUT2D eigenvalue weighted by Crippen LogP contribution is -2.32. The van der Waals surface area contributed by atoms with Gasteiger partial charge in [-0.15, -0.1) is 0 Å². The highest BCUT2D eigenvalue weighted by Crippen LogP contribution is 2.30. The van der Waals surface area contributed by atoms with Crippen molar-refractivity contribution in [1.82, 2.24) is 40.5 Å². The standard InChI is InChI=1S/C30H28N8O8/c1-4-5-6-7-15-25-34-20(10-43-25)28-35-19(11-44-28)27-33-17(9-42-27)24(40)38-22(14(2)3)30-37-21(13-46-30)29-36-18(12-45-29)26-32-16(8-41-26)23(39)31-15/h8-15,22H,4-7H2,1-3H3,(H,31,39)(H,38,40). The van der Waals surface area contributed by atoms with Gasteiger partial charge in [0, 0.05) is 0 Å². The summed E-state index contributed by atoms with van der Waals surface area (Å²) < 4.78 is 33.8. The number of fused-ring (bicyclic) bond motifs is 16. The molecule has 0 spiro atoms. The fourth-order valence-corrected chi connectivity index (χ4v) is 4.86. The molecule has 1 aliphatic rings. The third-order valence-corrected chi connectivity index (χ3v) is 7.32. The fourth-order valence-electron chi connectivity index (χ4n) is 4.86. The molecular formula is C30H28N8O8. The Morgan fingerprint density at radius 1 is 0.587 bits per heavy atom. The van der Waals surface area contributed by atoms with Crippen molar-refractivity contribution < 1.29 is 36.1 Å². The molecule has 0 radical (unpaired) electrons. The van der Waals surface area contributed by atoms with Gasteiger partial charge in [0.2, 0.25) is 35.3 Å². The van der Waals surface area contributed by atoms with Crippen molar-refractivity contribution in [2.75, 3.05) is 0 Å². The van der Waals surface area contributed by atoms with Crippen LogP contribution < -0.4 is 10.6 Å². The molecule has 0 aromatic carbocycles. The number of hydrogen-bond acceptors (Lipinski definition) is 14. The number of amides is 2. The van der Waals surface area contributed by atoms with E-state index in [1.54, 1.807) is 0 Å². The number of nitrogens with one attached hydrogen (secondary N) is 2. The number of oxazole rings is 6. The Balaban J connectivity index is 1.26. The largest absolute Gasteiger partial charge is 0.446 e. The highest BCUT2D eigenvalue weighted by Gasteiger charge is 2.29. The molecule has 2 amide bonds. The predicted molar refractivity (Wildman–Crippen MR) is 154 cm³/mol. The van der Waals surface area contributed by atoms with Crippen molar-refractivity contribution >= 4 is 11.8 Å². The molecule has 16 heteroatoms. The first-order valence-corrected chi connectivity index (χ1v) is 14.7. The molecule has 2 N–H and O–H groups in total. The molecule has 16 nitrogen and oxygen atoms in total. The number of carbonyl (C=O) groups excluding carboxylic acids is 2. The van der Waals surface area contributed by atoms with E-state index in [1.165, 1.54) is 37.6 Å². The molecule has 2 unspecified atom stereocenters. The lowest BCUT2D eigenvalue weighted by atomic mass is 10.0. The maximum absolute atomic E-state index is 13.3. The van der Waals surface area contributed by atoms with E-state index in [0.29, 0.717) is 12.1 Å². The second kappa shape index (κ2) is 11.9. The van der Waals surface area contributed by atoms with E-state index in [2.05, 4.69) is 47.5 Å². The smallest absolute Gasteiger partial charge is 0.273 e. The van der Waals surface area contributed by atoms with Gasteiger partial charge in [-0.3, -0.25) is 9.59 Å². The molecule has 2 atom stereocenters. The Bertz CT molecular complexity index is 1990. The van der Waals surface area contributed by atoms with E-state index in [9.17, 15) is 9.59 Å². The quantitative estimate of drug-likeness (QED) is 0.217. The lowest BCUT2D eigenvalue weighted by Gasteiger charge is -2.18. The van der Waals surface area contributed by atoms with Crippen LogP contribution >= 0.6 is 0 Å². The maximum Gasteiger partial charge on any atom is 0.273 e. The van der Waals surface area contributed by atoms with Crippen LogP contribution in [-0.2, 0) is 0 Å². The van der Waals surface area contributed by atoms with Crippen molar-refractivity contribution in [3.05, 3.63) is 60.7 Å². The molecule has 46 heavy (non-hydrogen) atoms. The molecule has 0 saturated heterocycles. The Morgan fingerprint density at radius 3 is 1.57 bits per heavy atom. The molecule has 6 aromatic heterocycles. The van der Waals surface area contributed by atoms with Gasteiger partial charge in [0.05, 0.1) is 0 Å². The summed E-state index contributed by atoms with van der Waals surface area (Å²) in [5.74, 6) is -0.233. The van der Waals surface area contributed by atoms with Crippen LogP contribution in [0.5, 0.6) is 0 Å². The summed E-state index contributed by atoms with van der Waals surface area (Å²) in [4.78, 5) is 52.9. The Kier molecular flexibility index (Phi) is 7.52. The first kappa shape index (κ1) is 28.9. The first-order chi connectivity index (χ1) is 22.4. The third kappa shape index (κ3) is 5.60. The summed E-state index contributed by atoms with van der Waals surface area (Å²) in [6, 6.07) is -1.20. The first-order valence-electron chi connectivity index (χ1n) is 14.7. The zero-order chi connectivity index (χ0) is 31.8. The summed E-state index contributed by atoms with van der Waals surface area (Å²) in [7, 11) is 0. The molecule has 236 valence electrons. The van der Waals surface area contributed by atoms with Gasteiger partial charge in [-0.2, -0.15) is 0 Å². The predicted octanol–water partition coefficient (Wildman–Crippen LogP) is 5.77. The minimum Gasteiger partial charge on any atom is -0.446 e. The van der Waals surface area contributed by atoms with Gasteiger partial charge in [0.25, 0.3) is 11.8 Å². The SMILES string of the molecule is CCCCCC1NC(=O)c2coc(n2)-c2coc(n2)-c2coc(n2)C(C(C)C)NC(=O)c2coc(n2)-c2coc(n2)-c2coc1n2. The molecule has 6 aromatic rings. The van der Waals surface area contributed by atoms with E-state index in [4.69, 9.17) is 26.5 Å². The fraction of sp³-hybridized carbons (Fsp3) is 0.333. The van der Waals surface area contributed by atoms with Crippen LogP contribution in [0.3, 0.4) is 0 Å². The van der Waals surface area contributed by atoms with Crippen LogP contribution in [0, 0.1) is 5.92 Å². The van der Waals surface area contributed by atoms with E-state index >= 15 is 0 Å². The molecular weight excluding hydrogens is 600 g/mol. The van der Waals surface area contributed by atoms with Gasteiger partial charge >= 0.3 is 0 Å². The normalized spacial score (nSPS) is 16.7. The van der Waals surface area contributed by atoms with Crippen LogP contribution in [0.15, 0.2) is 64.1 Å². The van der Waals surface area contributed by atoms with Gasteiger partial charge in [0.1, 0.15) is 49.7 Å². The van der Waals surface area contributed by atoms with Crippen molar-refractivity contribution in [2.24, 2.45) is 5.92 Å². The van der Waals surface area contributed by atoms with E-state index in [0.717, 1.165) is 19.3 Å². The molecule has 0 saturated carbocycles. The maximum atomic E-state index is 13.3. The van der Waals surface area contributed by atoms with Gasteiger partial charge in [0.15, 0.2) is 34.2 Å². The highest BCUT2D eigenvalue weighted by molar-refractivity contribution is 5.93. The Hall–Kier alpha value is -5.80. The van der Waals surface area contributed by atoms with Crippen LogP contribution in [0.1, 0.15) is 91.3 Å².